The van der Waals surface area contributed by atoms with Crippen molar-refractivity contribution in [1.82, 2.24) is 14.8 Å². The number of hydrogen-bond donors (Lipinski definition) is 2. The number of likely N-dealkylation sites (tertiary alicyclic amines) is 1. The van der Waals surface area contributed by atoms with Gasteiger partial charge in [-0.2, -0.15) is 0 Å². The number of carbonyl (C=O) groups is 2. The lowest BCUT2D eigenvalue weighted by molar-refractivity contribution is -0.134. The predicted molar refractivity (Wildman–Crippen MR) is 123 cm³/mol. The molecule has 2 heterocycles. The number of hydrogen-bond acceptors (Lipinski definition) is 4. The summed E-state index contributed by atoms with van der Waals surface area (Å²) in [5.41, 5.74) is 4.34. The lowest BCUT2D eigenvalue weighted by Crippen LogP contribution is -2.47. The number of aromatic nitrogens is 1. The van der Waals surface area contributed by atoms with Crippen molar-refractivity contribution >= 4 is 17.6 Å². The molecule has 1 aromatic heterocycles. The summed E-state index contributed by atoms with van der Waals surface area (Å²) >= 11 is 0. The van der Waals surface area contributed by atoms with Crippen molar-refractivity contribution in [3.8, 4) is 0 Å². The number of rotatable bonds is 4. The van der Waals surface area contributed by atoms with Crippen LogP contribution in [-0.4, -0.2) is 57.6 Å². The minimum Gasteiger partial charge on any atom is -0.391 e. The van der Waals surface area contributed by atoms with E-state index < -0.39 is 18.2 Å². The van der Waals surface area contributed by atoms with E-state index >= 15 is 0 Å². The minimum atomic E-state index is -0.722. The van der Waals surface area contributed by atoms with Gasteiger partial charge in [-0.25, -0.2) is 4.79 Å². The van der Waals surface area contributed by atoms with Crippen LogP contribution in [0.4, 0.5) is 10.5 Å². The molecule has 2 atom stereocenters. The first-order valence-electron chi connectivity index (χ1n) is 10.7. The van der Waals surface area contributed by atoms with E-state index in [1.54, 1.807) is 18.0 Å². The van der Waals surface area contributed by atoms with Gasteiger partial charge in [0, 0.05) is 32.3 Å². The first-order valence-corrected chi connectivity index (χ1v) is 10.7. The molecule has 1 saturated heterocycles. The van der Waals surface area contributed by atoms with Crippen molar-refractivity contribution in [2.24, 2.45) is 0 Å². The van der Waals surface area contributed by atoms with Crippen molar-refractivity contribution in [1.29, 1.82) is 0 Å². The third-order valence-electron chi connectivity index (χ3n) is 5.21. The number of pyridine rings is 1. The third-order valence-corrected chi connectivity index (χ3v) is 5.21. The molecule has 2 N–H and O–H groups in total. The van der Waals surface area contributed by atoms with E-state index in [1.807, 2.05) is 65.0 Å². The van der Waals surface area contributed by atoms with E-state index in [0.717, 1.165) is 16.8 Å². The lowest BCUT2D eigenvalue weighted by atomic mass is 10.1. The summed E-state index contributed by atoms with van der Waals surface area (Å²) in [4.78, 5) is 33.2. The van der Waals surface area contributed by atoms with Crippen LogP contribution in [0.1, 0.15) is 42.8 Å². The average molecular weight is 427 g/mol. The second-order valence-corrected chi connectivity index (χ2v) is 7.75. The molecule has 168 valence electrons. The van der Waals surface area contributed by atoms with E-state index in [9.17, 15) is 14.7 Å². The summed E-state index contributed by atoms with van der Waals surface area (Å²) in [5.74, 6) is -0.184. The molecule has 1 aliphatic rings. The molecule has 1 aliphatic heterocycles. The Morgan fingerprint density at radius 1 is 1.13 bits per heavy atom. The van der Waals surface area contributed by atoms with Crippen LogP contribution < -0.4 is 5.32 Å². The molecule has 7 nitrogen and oxygen atoms in total. The number of benzene rings is 1. The molecule has 0 saturated carbocycles. The molecule has 7 heteroatoms. The maximum absolute atomic E-state index is 13.0. The van der Waals surface area contributed by atoms with Crippen LogP contribution in [0.15, 0.2) is 36.4 Å². The number of likely N-dealkylation sites (N-methyl/N-ethyl adjacent to an activating group) is 1. The first-order chi connectivity index (χ1) is 14.7. The van der Waals surface area contributed by atoms with Gasteiger partial charge in [-0.05, 0) is 38.5 Å². The molecular formula is C24H34N4O3. The zero-order valence-electron chi connectivity index (χ0n) is 19.3. The van der Waals surface area contributed by atoms with E-state index in [-0.39, 0.29) is 18.9 Å². The zero-order chi connectivity index (χ0) is 23.1. The number of nitrogens with one attached hydrogen (secondary N) is 1. The average Bonchev–Trinajstić information content (AvgIpc) is 3.14. The Bertz CT molecular complexity index is 898. The van der Waals surface area contributed by atoms with Gasteiger partial charge in [0.25, 0.3) is 0 Å². The summed E-state index contributed by atoms with van der Waals surface area (Å²) in [6.07, 6.45) is -0.491. The molecule has 2 unspecified atom stereocenters. The highest BCUT2D eigenvalue weighted by Crippen LogP contribution is 2.23. The SMILES string of the molecule is CC.Cc1ccc(CN(C)C(=O)C2CC(O)CN2C(=O)Nc2ccc(C)nc2C)cc1. The Kier molecular flexibility index (Phi) is 8.56. The van der Waals surface area contributed by atoms with Crippen LogP contribution in [0.25, 0.3) is 0 Å². The Morgan fingerprint density at radius 3 is 2.39 bits per heavy atom. The summed E-state index contributed by atoms with van der Waals surface area (Å²) in [6.45, 7) is 10.3. The van der Waals surface area contributed by atoms with Crippen LogP contribution in [0, 0.1) is 20.8 Å². The summed E-state index contributed by atoms with van der Waals surface area (Å²) < 4.78 is 0. The highest BCUT2D eigenvalue weighted by Gasteiger charge is 2.40. The molecule has 3 rings (SSSR count). The van der Waals surface area contributed by atoms with E-state index in [4.69, 9.17) is 0 Å². The predicted octanol–water partition coefficient (Wildman–Crippen LogP) is 3.66. The number of carbonyl (C=O) groups excluding carboxylic acids is 2. The molecule has 1 fully saturated rings. The largest absolute Gasteiger partial charge is 0.391 e. The smallest absolute Gasteiger partial charge is 0.322 e. The molecule has 1 aromatic carbocycles. The van der Waals surface area contributed by atoms with Crippen LogP contribution in [0.2, 0.25) is 0 Å². The highest BCUT2D eigenvalue weighted by molar-refractivity contribution is 5.94. The Morgan fingerprint density at radius 2 is 1.77 bits per heavy atom. The summed E-state index contributed by atoms with van der Waals surface area (Å²) in [7, 11) is 1.72. The Balaban J connectivity index is 0.00000166. The van der Waals surface area contributed by atoms with E-state index in [2.05, 4.69) is 10.3 Å². The highest BCUT2D eigenvalue weighted by atomic mass is 16.3. The maximum atomic E-state index is 13.0. The molecular weight excluding hydrogens is 392 g/mol. The van der Waals surface area contributed by atoms with Crippen molar-refractivity contribution in [3.63, 3.8) is 0 Å². The lowest BCUT2D eigenvalue weighted by Gasteiger charge is -2.28. The van der Waals surface area contributed by atoms with Gasteiger partial charge in [0.1, 0.15) is 6.04 Å². The van der Waals surface area contributed by atoms with Gasteiger partial charge < -0.3 is 20.2 Å². The quantitative estimate of drug-likeness (QED) is 0.781. The van der Waals surface area contributed by atoms with Crippen molar-refractivity contribution in [3.05, 3.63) is 58.9 Å². The number of anilines is 1. The second kappa shape index (κ2) is 10.9. The number of nitrogens with zero attached hydrogens (tertiary/aromatic N) is 3. The van der Waals surface area contributed by atoms with Crippen LogP contribution in [0.5, 0.6) is 0 Å². The standard InChI is InChI=1S/C22H28N4O3.C2H6/c1-14-5-8-17(9-6-14)12-25(4)21(28)20-11-18(27)13-26(20)22(29)24-19-10-7-15(2)23-16(19)3;1-2/h5-10,18,20,27H,11-13H2,1-4H3,(H,24,29);1-2H3. The molecule has 2 aromatic rings. The van der Waals surface area contributed by atoms with Gasteiger partial charge in [0.15, 0.2) is 0 Å². The van der Waals surface area contributed by atoms with E-state index in [0.29, 0.717) is 17.9 Å². The van der Waals surface area contributed by atoms with Crippen LogP contribution in [0.3, 0.4) is 0 Å². The van der Waals surface area contributed by atoms with Crippen molar-refractivity contribution in [2.45, 2.75) is 59.7 Å². The molecule has 31 heavy (non-hydrogen) atoms. The fourth-order valence-electron chi connectivity index (χ4n) is 3.58. The number of amides is 3. The number of aliphatic hydroxyl groups is 1. The summed E-state index contributed by atoms with van der Waals surface area (Å²) in [6, 6.07) is 10.5. The fourth-order valence-corrected chi connectivity index (χ4v) is 3.58. The molecule has 0 bridgehead atoms. The minimum absolute atomic E-state index is 0.124. The first kappa shape index (κ1) is 24.3. The third kappa shape index (κ3) is 6.28. The number of urea groups is 1. The zero-order valence-corrected chi connectivity index (χ0v) is 19.3. The monoisotopic (exact) mass is 426 g/mol. The fraction of sp³-hybridized carbons (Fsp3) is 0.458. The number of aliphatic hydroxyl groups excluding tert-OH is 1. The Hall–Kier alpha value is -2.93. The van der Waals surface area contributed by atoms with Crippen molar-refractivity contribution in [2.75, 3.05) is 18.9 Å². The number of β-amino-alcohol motifs (C(OH)–C–C–N with tert-alkyl or cyclic N) is 1. The normalized spacial score (nSPS) is 17.6. The molecule has 0 aliphatic carbocycles. The second-order valence-electron chi connectivity index (χ2n) is 7.75. The molecule has 0 radical (unpaired) electrons. The van der Waals surface area contributed by atoms with Gasteiger partial charge in [-0.1, -0.05) is 43.7 Å². The van der Waals surface area contributed by atoms with Crippen molar-refractivity contribution < 1.29 is 14.7 Å². The van der Waals surface area contributed by atoms with Gasteiger partial charge in [-0.15, -0.1) is 0 Å². The van der Waals surface area contributed by atoms with Gasteiger partial charge >= 0.3 is 6.03 Å². The van der Waals surface area contributed by atoms with Gasteiger partial charge in [-0.3, -0.25) is 9.78 Å². The van der Waals surface area contributed by atoms with E-state index in [1.165, 1.54) is 4.90 Å². The Labute approximate surface area is 185 Å². The van der Waals surface area contributed by atoms with Crippen LogP contribution in [-0.2, 0) is 11.3 Å². The molecule has 3 amide bonds. The van der Waals surface area contributed by atoms with Gasteiger partial charge in [0.05, 0.1) is 17.5 Å². The van der Waals surface area contributed by atoms with Gasteiger partial charge in [0.2, 0.25) is 5.91 Å². The number of aryl methyl sites for hydroxylation is 3. The molecule has 0 spiro atoms. The summed E-state index contributed by atoms with van der Waals surface area (Å²) in [5, 5.41) is 12.9. The topological polar surface area (TPSA) is 85.8 Å². The maximum Gasteiger partial charge on any atom is 0.322 e. The van der Waals surface area contributed by atoms with Crippen LogP contribution >= 0.6 is 0 Å².